The zero-order chi connectivity index (χ0) is 14.7. The summed E-state index contributed by atoms with van der Waals surface area (Å²) in [7, 11) is 0. The van der Waals surface area contributed by atoms with E-state index < -0.39 is 0 Å². The van der Waals surface area contributed by atoms with Crippen LogP contribution in [0.15, 0.2) is 18.3 Å². The minimum absolute atomic E-state index is 0.0125. The first-order chi connectivity index (χ1) is 9.52. The normalized spacial score (nSPS) is 22.4. The SMILES string of the molecule is CC(C)Oc1cccnc1C(=O)N1CC(CN)CC1C. The van der Waals surface area contributed by atoms with Gasteiger partial charge in [-0.1, -0.05) is 0 Å². The molecule has 5 heteroatoms. The molecule has 0 radical (unpaired) electrons. The van der Waals surface area contributed by atoms with E-state index in [2.05, 4.69) is 11.9 Å². The van der Waals surface area contributed by atoms with Crippen molar-refractivity contribution >= 4 is 5.91 Å². The highest BCUT2D eigenvalue weighted by molar-refractivity contribution is 5.95. The first-order valence-corrected chi connectivity index (χ1v) is 7.15. The minimum atomic E-state index is -0.0651. The standard InChI is InChI=1S/C15H23N3O2/c1-10(2)20-13-5-4-6-17-14(13)15(19)18-9-12(8-16)7-11(18)3/h4-6,10-12H,7-9,16H2,1-3H3. The molecule has 2 rings (SSSR count). The van der Waals surface area contributed by atoms with Crippen molar-refractivity contribution in [3.05, 3.63) is 24.0 Å². The molecule has 2 atom stereocenters. The fraction of sp³-hybridized carbons (Fsp3) is 0.600. The Labute approximate surface area is 120 Å². The molecular formula is C15H23N3O2. The third kappa shape index (κ3) is 3.10. The van der Waals surface area contributed by atoms with Gasteiger partial charge in [0.25, 0.3) is 5.91 Å². The van der Waals surface area contributed by atoms with Crippen LogP contribution >= 0.6 is 0 Å². The fourth-order valence-corrected chi connectivity index (χ4v) is 2.63. The maximum absolute atomic E-state index is 12.7. The van der Waals surface area contributed by atoms with Crippen molar-refractivity contribution < 1.29 is 9.53 Å². The van der Waals surface area contributed by atoms with Crippen molar-refractivity contribution in [3.63, 3.8) is 0 Å². The third-order valence-electron chi connectivity index (χ3n) is 3.59. The number of ether oxygens (including phenoxy) is 1. The molecule has 2 unspecified atom stereocenters. The van der Waals surface area contributed by atoms with Crippen molar-refractivity contribution in [2.24, 2.45) is 11.7 Å². The van der Waals surface area contributed by atoms with Crippen LogP contribution in [0.4, 0.5) is 0 Å². The summed E-state index contributed by atoms with van der Waals surface area (Å²) in [6, 6.07) is 3.77. The second-order valence-electron chi connectivity index (χ2n) is 5.66. The number of amides is 1. The number of likely N-dealkylation sites (tertiary alicyclic amines) is 1. The van der Waals surface area contributed by atoms with Crippen molar-refractivity contribution in [2.75, 3.05) is 13.1 Å². The molecular weight excluding hydrogens is 254 g/mol. The van der Waals surface area contributed by atoms with Crippen LogP contribution in [0.3, 0.4) is 0 Å². The average Bonchev–Trinajstić information content (AvgIpc) is 2.79. The molecule has 0 aromatic carbocycles. The molecule has 0 spiro atoms. The fourth-order valence-electron chi connectivity index (χ4n) is 2.63. The molecule has 20 heavy (non-hydrogen) atoms. The number of carbonyl (C=O) groups excluding carboxylic acids is 1. The number of rotatable bonds is 4. The van der Waals surface area contributed by atoms with Gasteiger partial charge in [0.1, 0.15) is 0 Å². The number of nitrogens with zero attached hydrogens (tertiary/aromatic N) is 2. The van der Waals surface area contributed by atoms with Crippen LogP contribution in [0.25, 0.3) is 0 Å². The summed E-state index contributed by atoms with van der Waals surface area (Å²) in [5, 5.41) is 0. The molecule has 1 fully saturated rings. The number of aromatic nitrogens is 1. The maximum atomic E-state index is 12.7. The van der Waals surface area contributed by atoms with Gasteiger partial charge < -0.3 is 15.4 Å². The molecule has 2 heterocycles. The maximum Gasteiger partial charge on any atom is 0.276 e. The lowest BCUT2D eigenvalue weighted by Gasteiger charge is -2.22. The summed E-state index contributed by atoms with van der Waals surface area (Å²) in [4.78, 5) is 18.7. The van der Waals surface area contributed by atoms with E-state index in [1.807, 2.05) is 18.7 Å². The molecule has 1 saturated heterocycles. The number of nitrogens with two attached hydrogens (primary N) is 1. The minimum Gasteiger partial charge on any atom is -0.489 e. The molecule has 0 bridgehead atoms. The van der Waals surface area contributed by atoms with Gasteiger partial charge in [0.15, 0.2) is 11.4 Å². The van der Waals surface area contributed by atoms with Crippen LogP contribution in [0.2, 0.25) is 0 Å². The van der Waals surface area contributed by atoms with Crippen molar-refractivity contribution in [1.82, 2.24) is 9.88 Å². The summed E-state index contributed by atoms with van der Waals surface area (Å²) < 4.78 is 5.68. The van der Waals surface area contributed by atoms with E-state index in [0.29, 0.717) is 30.5 Å². The highest BCUT2D eigenvalue weighted by atomic mass is 16.5. The number of carbonyl (C=O) groups is 1. The van der Waals surface area contributed by atoms with Gasteiger partial charge in [-0.25, -0.2) is 4.98 Å². The van der Waals surface area contributed by atoms with Crippen LogP contribution < -0.4 is 10.5 Å². The van der Waals surface area contributed by atoms with Gasteiger partial charge >= 0.3 is 0 Å². The van der Waals surface area contributed by atoms with Gasteiger partial charge in [-0.15, -0.1) is 0 Å². The largest absolute Gasteiger partial charge is 0.489 e. The predicted molar refractivity (Wildman–Crippen MR) is 77.7 cm³/mol. The molecule has 0 saturated carbocycles. The molecule has 2 N–H and O–H groups in total. The summed E-state index contributed by atoms with van der Waals surface area (Å²) in [6.07, 6.45) is 2.59. The lowest BCUT2D eigenvalue weighted by atomic mass is 10.1. The molecule has 5 nitrogen and oxygen atoms in total. The van der Waals surface area contributed by atoms with Gasteiger partial charge in [0.05, 0.1) is 6.10 Å². The Morgan fingerprint density at radius 3 is 2.95 bits per heavy atom. The zero-order valence-corrected chi connectivity index (χ0v) is 12.4. The predicted octanol–water partition coefficient (Wildman–Crippen LogP) is 1.68. The monoisotopic (exact) mass is 277 g/mol. The molecule has 1 aliphatic rings. The highest BCUT2D eigenvalue weighted by Gasteiger charge is 2.33. The smallest absolute Gasteiger partial charge is 0.276 e. The third-order valence-corrected chi connectivity index (χ3v) is 3.59. The summed E-state index contributed by atoms with van der Waals surface area (Å²) in [5.74, 6) is 0.868. The van der Waals surface area contributed by atoms with Crippen LogP contribution in [0, 0.1) is 5.92 Å². The van der Waals surface area contributed by atoms with E-state index in [9.17, 15) is 4.79 Å². The van der Waals surface area contributed by atoms with Gasteiger partial charge in [0.2, 0.25) is 0 Å². The molecule has 1 amide bonds. The highest BCUT2D eigenvalue weighted by Crippen LogP contribution is 2.26. The van der Waals surface area contributed by atoms with Crippen LogP contribution in [0.1, 0.15) is 37.7 Å². The molecule has 1 aromatic heterocycles. The van der Waals surface area contributed by atoms with E-state index in [0.717, 1.165) is 6.42 Å². The second-order valence-corrected chi connectivity index (χ2v) is 5.66. The Balaban J connectivity index is 2.21. The first-order valence-electron chi connectivity index (χ1n) is 7.15. The van der Waals surface area contributed by atoms with E-state index in [1.165, 1.54) is 0 Å². The van der Waals surface area contributed by atoms with Crippen molar-refractivity contribution in [1.29, 1.82) is 0 Å². The Morgan fingerprint density at radius 1 is 1.60 bits per heavy atom. The Morgan fingerprint density at radius 2 is 2.35 bits per heavy atom. The van der Waals surface area contributed by atoms with Crippen molar-refractivity contribution in [2.45, 2.75) is 39.3 Å². The molecule has 1 aliphatic heterocycles. The number of pyridine rings is 1. The molecule has 0 aliphatic carbocycles. The van der Waals surface area contributed by atoms with Crippen LogP contribution in [-0.4, -0.2) is 41.0 Å². The summed E-state index contributed by atoms with van der Waals surface area (Å²) in [5.41, 5.74) is 6.11. The van der Waals surface area contributed by atoms with Gasteiger partial charge in [0, 0.05) is 18.8 Å². The average molecular weight is 277 g/mol. The lowest BCUT2D eigenvalue weighted by molar-refractivity contribution is 0.0730. The van der Waals surface area contributed by atoms with E-state index in [4.69, 9.17) is 10.5 Å². The summed E-state index contributed by atoms with van der Waals surface area (Å²) in [6.45, 7) is 7.24. The van der Waals surface area contributed by atoms with Gasteiger partial charge in [-0.3, -0.25) is 4.79 Å². The van der Waals surface area contributed by atoms with Gasteiger partial charge in [-0.05, 0) is 51.8 Å². The quantitative estimate of drug-likeness (QED) is 0.909. The molecule has 110 valence electrons. The van der Waals surface area contributed by atoms with Crippen molar-refractivity contribution in [3.8, 4) is 5.75 Å². The zero-order valence-electron chi connectivity index (χ0n) is 12.4. The Hall–Kier alpha value is -1.62. The first kappa shape index (κ1) is 14.8. The Kier molecular flexibility index (Phi) is 4.60. The second kappa shape index (κ2) is 6.22. The van der Waals surface area contributed by atoms with Crippen LogP contribution in [-0.2, 0) is 0 Å². The van der Waals surface area contributed by atoms with E-state index in [-0.39, 0.29) is 18.1 Å². The topological polar surface area (TPSA) is 68.5 Å². The molecule has 1 aromatic rings. The van der Waals surface area contributed by atoms with E-state index in [1.54, 1.807) is 18.3 Å². The Bertz CT molecular complexity index is 476. The van der Waals surface area contributed by atoms with Crippen LogP contribution in [0.5, 0.6) is 5.75 Å². The van der Waals surface area contributed by atoms with E-state index >= 15 is 0 Å². The lowest BCUT2D eigenvalue weighted by Crippen LogP contribution is -2.35. The number of hydrogen-bond acceptors (Lipinski definition) is 4. The number of hydrogen-bond donors (Lipinski definition) is 1. The summed E-state index contributed by atoms with van der Waals surface area (Å²) >= 11 is 0. The van der Waals surface area contributed by atoms with Gasteiger partial charge in [-0.2, -0.15) is 0 Å².